The zero-order chi connectivity index (χ0) is 18.0. The fourth-order valence-corrected chi connectivity index (χ4v) is 3.28. The van der Waals surface area contributed by atoms with Crippen LogP contribution in [-0.4, -0.2) is 47.3 Å². The van der Waals surface area contributed by atoms with E-state index in [1.165, 1.54) is 0 Å². The lowest BCUT2D eigenvalue weighted by atomic mass is 10.2. The van der Waals surface area contributed by atoms with Crippen molar-refractivity contribution in [3.63, 3.8) is 0 Å². The summed E-state index contributed by atoms with van der Waals surface area (Å²) in [6.45, 7) is 9.17. The second-order valence-corrected chi connectivity index (χ2v) is 6.79. The Hall–Kier alpha value is -1.60. The molecule has 1 aromatic heterocycles. The molecule has 0 saturated carbocycles. The molecule has 3 rings (SSSR count). The molecule has 2 aromatic rings. The van der Waals surface area contributed by atoms with Crippen molar-refractivity contribution in [2.45, 2.75) is 38.9 Å². The molecule has 0 aliphatic carbocycles. The van der Waals surface area contributed by atoms with Gasteiger partial charge in [-0.3, -0.25) is 4.90 Å². The smallest absolute Gasteiger partial charge is 0.379 e. The highest BCUT2D eigenvalue weighted by molar-refractivity contribution is 5.77. The van der Waals surface area contributed by atoms with Crippen LogP contribution >= 0.6 is 0 Å². The highest BCUT2D eigenvalue weighted by atomic mass is 19.4. The molecule has 0 N–H and O–H groups in total. The van der Waals surface area contributed by atoms with Crippen molar-refractivity contribution in [3.05, 3.63) is 29.6 Å². The monoisotopic (exact) mass is 355 g/mol. The van der Waals surface area contributed by atoms with Gasteiger partial charge < -0.3 is 9.30 Å². The molecule has 1 aliphatic rings. The molecule has 0 spiro atoms. The number of benzene rings is 1. The van der Waals surface area contributed by atoms with Crippen molar-refractivity contribution in [1.82, 2.24) is 14.5 Å². The predicted octanol–water partition coefficient (Wildman–Crippen LogP) is 3.90. The Morgan fingerprint density at radius 1 is 1.16 bits per heavy atom. The van der Waals surface area contributed by atoms with E-state index in [1.54, 1.807) is 6.07 Å². The Labute approximate surface area is 145 Å². The first-order valence-electron chi connectivity index (χ1n) is 8.74. The number of aromatic nitrogens is 2. The van der Waals surface area contributed by atoms with Crippen molar-refractivity contribution in [3.8, 4) is 0 Å². The molecule has 1 saturated heterocycles. The van der Waals surface area contributed by atoms with Crippen LogP contribution < -0.4 is 0 Å². The molecule has 138 valence electrons. The van der Waals surface area contributed by atoms with Crippen molar-refractivity contribution < 1.29 is 17.9 Å². The van der Waals surface area contributed by atoms with Crippen molar-refractivity contribution in [2.24, 2.45) is 0 Å². The Morgan fingerprint density at radius 2 is 1.88 bits per heavy atom. The van der Waals surface area contributed by atoms with Crippen LogP contribution in [0.4, 0.5) is 13.2 Å². The largest absolute Gasteiger partial charge is 0.416 e. The lowest BCUT2D eigenvalue weighted by Gasteiger charge is -2.26. The number of fused-ring (bicyclic) bond motifs is 1. The number of imidazole rings is 1. The summed E-state index contributed by atoms with van der Waals surface area (Å²) in [7, 11) is 0. The molecule has 1 aromatic carbocycles. The zero-order valence-electron chi connectivity index (χ0n) is 14.6. The van der Waals surface area contributed by atoms with Gasteiger partial charge in [-0.2, -0.15) is 13.2 Å². The van der Waals surface area contributed by atoms with E-state index in [0.717, 1.165) is 69.3 Å². The minimum Gasteiger partial charge on any atom is -0.379 e. The summed E-state index contributed by atoms with van der Waals surface area (Å²) in [5, 5.41) is 0. The van der Waals surface area contributed by atoms with E-state index in [0.29, 0.717) is 5.52 Å². The third-order valence-corrected chi connectivity index (χ3v) is 4.58. The van der Waals surface area contributed by atoms with Gasteiger partial charge in [0.1, 0.15) is 5.82 Å². The molecule has 0 atom stereocenters. The molecule has 7 heteroatoms. The maximum Gasteiger partial charge on any atom is 0.416 e. The average molecular weight is 355 g/mol. The molecule has 1 aliphatic heterocycles. The van der Waals surface area contributed by atoms with Gasteiger partial charge in [0.2, 0.25) is 0 Å². The van der Waals surface area contributed by atoms with Gasteiger partial charge in [0.05, 0.1) is 29.8 Å². The number of ether oxygens (including phenoxy) is 1. The fourth-order valence-electron chi connectivity index (χ4n) is 3.28. The predicted molar refractivity (Wildman–Crippen MR) is 90.7 cm³/mol. The minimum atomic E-state index is -4.34. The first-order chi connectivity index (χ1) is 11.9. The highest BCUT2D eigenvalue weighted by Gasteiger charge is 2.31. The SMILES string of the molecule is CC(C)c1nc2cc(C(F)(F)F)ccc2n1CCCN1CCOCC1. The van der Waals surface area contributed by atoms with Crippen LogP contribution in [0.3, 0.4) is 0 Å². The normalized spacial score (nSPS) is 16.9. The number of aryl methyl sites for hydroxylation is 1. The first kappa shape index (κ1) is 18.2. The summed E-state index contributed by atoms with van der Waals surface area (Å²) in [6, 6.07) is 3.85. The molecule has 0 amide bonds. The number of halogens is 3. The van der Waals surface area contributed by atoms with Crippen LogP contribution in [0.15, 0.2) is 18.2 Å². The number of hydrogen-bond donors (Lipinski definition) is 0. The van der Waals surface area contributed by atoms with Gasteiger partial charge in [-0.25, -0.2) is 4.98 Å². The quantitative estimate of drug-likeness (QED) is 0.815. The van der Waals surface area contributed by atoms with Crippen molar-refractivity contribution >= 4 is 11.0 Å². The van der Waals surface area contributed by atoms with Crippen LogP contribution in [0, 0.1) is 0 Å². The van der Waals surface area contributed by atoms with E-state index in [4.69, 9.17) is 4.74 Å². The molecular weight excluding hydrogens is 331 g/mol. The molecule has 25 heavy (non-hydrogen) atoms. The van der Waals surface area contributed by atoms with E-state index in [-0.39, 0.29) is 5.92 Å². The lowest BCUT2D eigenvalue weighted by molar-refractivity contribution is -0.137. The number of nitrogens with zero attached hydrogens (tertiary/aromatic N) is 3. The number of rotatable bonds is 5. The Kier molecular flexibility index (Phi) is 5.34. The fraction of sp³-hybridized carbons (Fsp3) is 0.611. The van der Waals surface area contributed by atoms with E-state index >= 15 is 0 Å². The highest BCUT2D eigenvalue weighted by Crippen LogP contribution is 2.32. The molecule has 0 bridgehead atoms. The molecule has 2 heterocycles. The van der Waals surface area contributed by atoms with Gasteiger partial charge in [-0.05, 0) is 24.6 Å². The van der Waals surface area contributed by atoms with Crippen LogP contribution in [0.25, 0.3) is 11.0 Å². The molecule has 0 unspecified atom stereocenters. The average Bonchev–Trinajstić information content (AvgIpc) is 2.93. The second-order valence-electron chi connectivity index (χ2n) is 6.79. The molecule has 0 radical (unpaired) electrons. The maximum atomic E-state index is 12.9. The third-order valence-electron chi connectivity index (χ3n) is 4.58. The number of alkyl halides is 3. The standard InChI is InChI=1S/C18H24F3N3O/c1-13(2)17-22-15-12-14(18(19,20)21)4-5-16(15)24(17)7-3-6-23-8-10-25-11-9-23/h4-5,12-13H,3,6-11H2,1-2H3. The molecule has 4 nitrogen and oxygen atoms in total. The van der Waals surface area contributed by atoms with Gasteiger partial charge in [0, 0.05) is 32.1 Å². The summed E-state index contributed by atoms with van der Waals surface area (Å²) in [4.78, 5) is 6.84. The van der Waals surface area contributed by atoms with Crippen LogP contribution in [0.1, 0.15) is 37.6 Å². The third kappa shape index (κ3) is 4.15. The summed E-state index contributed by atoms with van der Waals surface area (Å²) in [5.41, 5.74) is 0.553. The molecular formula is C18H24F3N3O. The topological polar surface area (TPSA) is 30.3 Å². The van der Waals surface area contributed by atoms with Crippen molar-refractivity contribution in [2.75, 3.05) is 32.8 Å². The summed E-state index contributed by atoms with van der Waals surface area (Å²) in [5.74, 6) is 1.00. The Bertz CT molecular complexity index is 718. The van der Waals surface area contributed by atoms with Gasteiger partial charge >= 0.3 is 6.18 Å². The minimum absolute atomic E-state index is 0.158. The summed E-state index contributed by atoms with van der Waals surface area (Å²) in [6.07, 6.45) is -3.40. The zero-order valence-corrected chi connectivity index (χ0v) is 14.6. The second kappa shape index (κ2) is 7.33. The molecule has 1 fully saturated rings. The van der Waals surface area contributed by atoms with Crippen molar-refractivity contribution in [1.29, 1.82) is 0 Å². The maximum absolute atomic E-state index is 12.9. The first-order valence-corrected chi connectivity index (χ1v) is 8.74. The Morgan fingerprint density at radius 3 is 2.52 bits per heavy atom. The van der Waals surface area contributed by atoms with Gasteiger partial charge in [0.15, 0.2) is 0 Å². The van der Waals surface area contributed by atoms with Crippen LogP contribution in [-0.2, 0) is 17.5 Å². The number of hydrogen-bond acceptors (Lipinski definition) is 3. The summed E-state index contributed by atoms with van der Waals surface area (Å²) < 4.78 is 46.2. The van der Waals surface area contributed by atoms with E-state index in [2.05, 4.69) is 14.5 Å². The van der Waals surface area contributed by atoms with E-state index in [9.17, 15) is 13.2 Å². The van der Waals surface area contributed by atoms with Gasteiger partial charge in [-0.15, -0.1) is 0 Å². The van der Waals surface area contributed by atoms with Gasteiger partial charge in [0.25, 0.3) is 0 Å². The van der Waals surface area contributed by atoms with Crippen LogP contribution in [0.2, 0.25) is 0 Å². The van der Waals surface area contributed by atoms with E-state index < -0.39 is 11.7 Å². The van der Waals surface area contributed by atoms with Crippen LogP contribution in [0.5, 0.6) is 0 Å². The lowest BCUT2D eigenvalue weighted by Crippen LogP contribution is -2.37. The Balaban J connectivity index is 1.81. The summed E-state index contributed by atoms with van der Waals surface area (Å²) >= 11 is 0. The van der Waals surface area contributed by atoms with Gasteiger partial charge in [-0.1, -0.05) is 13.8 Å². The number of morpholine rings is 1. The van der Waals surface area contributed by atoms with E-state index in [1.807, 2.05) is 13.8 Å².